The fourth-order valence-corrected chi connectivity index (χ4v) is 1.83. The van der Waals surface area contributed by atoms with Gasteiger partial charge >= 0.3 is 0 Å². The molecule has 16 heavy (non-hydrogen) atoms. The van der Waals surface area contributed by atoms with Gasteiger partial charge in [0.2, 0.25) is 0 Å². The van der Waals surface area contributed by atoms with Gasteiger partial charge in [-0.15, -0.1) is 0 Å². The molecule has 82 valence electrons. The molecular formula is C15H15F. The fraction of sp³-hybridized carbons (Fsp3) is 0.200. The maximum absolute atomic E-state index is 13.3. The van der Waals surface area contributed by atoms with Crippen LogP contribution in [0.4, 0.5) is 4.39 Å². The molecule has 0 amide bonds. The number of rotatable bonds is 1. The summed E-state index contributed by atoms with van der Waals surface area (Å²) >= 11 is 0. The second-order valence-electron chi connectivity index (χ2n) is 4.28. The number of halogens is 1. The van der Waals surface area contributed by atoms with Crippen molar-refractivity contribution in [1.29, 1.82) is 0 Å². The van der Waals surface area contributed by atoms with Crippen LogP contribution in [-0.4, -0.2) is 0 Å². The number of hydrogen-bond donors (Lipinski definition) is 0. The summed E-state index contributed by atoms with van der Waals surface area (Å²) in [4.78, 5) is 0. The molecule has 0 aliphatic rings. The van der Waals surface area contributed by atoms with E-state index in [0.717, 1.165) is 16.7 Å². The number of hydrogen-bond acceptors (Lipinski definition) is 0. The van der Waals surface area contributed by atoms with Gasteiger partial charge in [-0.25, -0.2) is 4.39 Å². The average Bonchev–Trinajstić information content (AvgIpc) is 2.25. The van der Waals surface area contributed by atoms with Crippen LogP contribution in [0, 0.1) is 26.6 Å². The molecule has 0 fully saturated rings. The van der Waals surface area contributed by atoms with Crippen molar-refractivity contribution in [2.24, 2.45) is 0 Å². The van der Waals surface area contributed by atoms with Crippen LogP contribution in [0.3, 0.4) is 0 Å². The van der Waals surface area contributed by atoms with Crippen molar-refractivity contribution in [3.63, 3.8) is 0 Å². The van der Waals surface area contributed by atoms with E-state index in [4.69, 9.17) is 0 Å². The van der Waals surface area contributed by atoms with Crippen molar-refractivity contribution in [3.05, 3.63) is 58.9 Å². The van der Waals surface area contributed by atoms with Crippen LogP contribution >= 0.6 is 0 Å². The number of benzene rings is 2. The predicted molar refractivity (Wildman–Crippen MR) is 66.0 cm³/mol. The van der Waals surface area contributed by atoms with Gasteiger partial charge in [0.05, 0.1) is 0 Å². The standard InChI is InChI=1S/C15H15F/c1-10-4-6-13(7-5-10)14-8-12(3)15(16)9-11(14)2/h4-9H,1-3H3. The lowest BCUT2D eigenvalue weighted by molar-refractivity contribution is 0.617. The van der Waals surface area contributed by atoms with Gasteiger partial charge in [0.25, 0.3) is 0 Å². The zero-order valence-electron chi connectivity index (χ0n) is 9.84. The van der Waals surface area contributed by atoms with E-state index in [1.807, 2.05) is 13.0 Å². The van der Waals surface area contributed by atoms with Gasteiger partial charge < -0.3 is 0 Å². The topological polar surface area (TPSA) is 0 Å². The molecule has 0 aliphatic heterocycles. The smallest absolute Gasteiger partial charge is 0.126 e. The first kappa shape index (κ1) is 10.9. The van der Waals surface area contributed by atoms with Crippen LogP contribution in [0.25, 0.3) is 11.1 Å². The Morgan fingerprint density at radius 2 is 1.44 bits per heavy atom. The van der Waals surface area contributed by atoms with Gasteiger partial charge in [0.15, 0.2) is 0 Å². The highest BCUT2D eigenvalue weighted by Crippen LogP contribution is 2.26. The Bertz CT molecular complexity index is 510. The van der Waals surface area contributed by atoms with Crippen LogP contribution in [-0.2, 0) is 0 Å². The lowest BCUT2D eigenvalue weighted by Gasteiger charge is -2.08. The molecule has 0 bridgehead atoms. The Labute approximate surface area is 95.7 Å². The average molecular weight is 214 g/mol. The summed E-state index contributed by atoms with van der Waals surface area (Å²) in [7, 11) is 0. The van der Waals surface area contributed by atoms with E-state index in [0.29, 0.717) is 5.56 Å². The van der Waals surface area contributed by atoms with Crippen molar-refractivity contribution < 1.29 is 4.39 Å². The third-order valence-corrected chi connectivity index (χ3v) is 2.87. The van der Waals surface area contributed by atoms with Gasteiger partial charge in [-0.1, -0.05) is 29.8 Å². The molecule has 2 aromatic rings. The fourth-order valence-electron chi connectivity index (χ4n) is 1.83. The maximum Gasteiger partial charge on any atom is 0.126 e. The van der Waals surface area contributed by atoms with E-state index in [1.54, 1.807) is 13.0 Å². The SMILES string of the molecule is Cc1ccc(-c2cc(C)c(F)cc2C)cc1. The highest BCUT2D eigenvalue weighted by Gasteiger charge is 2.05. The summed E-state index contributed by atoms with van der Waals surface area (Å²) in [6.07, 6.45) is 0. The van der Waals surface area contributed by atoms with E-state index < -0.39 is 0 Å². The summed E-state index contributed by atoms with van der Waals surface area (Å²) in [6.45, 7) is 5.80. The Hall–Kier alpha value is -1.63. The zero-order valence-corrected chi connectivity index (χ0v) is 9.84. The van der Waals surface area contributed by atoms with E-state index in [-0.39, 0.29) is 5.82 Å². The summed E-state index contributed by atoms with van der Waals surface area (Å²) < 4.78 is 13.3. The molecule has 0 N–H and O–H groups in total. The largest absolute Gasteiger partial charge is 0.207 e. The summed E-state index contributed by atoms with van der Waals surface area (Å²) in [6, 6.07) is 11.8. The minimum Gasteiger partial charge on any atom is -0.207 e. The van der Waals surface area contributed by atoms with Gasteiger partial charge in [0, 0.05) is 0 Å². The first-order valence-corrected chi connectivity index (χ1v) is 5.42. The Morgan fingerprint density at radius 3 is 2.06 bits per heavy atom. The molecule has 0 saturated heterocycles. The Kier molecular flexibility index (Phi) is 2.78. The number of aryl methyl sites for hydroxylation is 3. The Morgan fingerprint density at radius 1 is 0.812 bits per heavy atom. The highest BCUT2D eigenvalue weighted by atomic mass is 19.1. The van der Waals surface area contributed by atoms with Gasteiger partial charge in [-0.3, -0.25) is 0 Å². The van der Waals surface area contributed by atoms with Crippen molar-refractivity contribution >= 4 is 0 Å². The predicted octanol–water partition coefficient (Wildman–Crippen LogP) is 4.42. The first-order valence-electron chi connectivity index (χ1n) is 5.42. The molecule has 0 unspecified atom stereocenters. The van der Waals surface area contributed by atoms with Crippen molar-refractivity contribution in [2.45, 2.75) is 20.8 Å². The van der Waals surface area contributed by atoms with E-state index in [1.165, 1.54) is 5.56 Å². The first-order chi connectivity index (χ1) is 7.58. The maximum atomic E-state index is 13.3. The molecule has 0 aromatic heterocycles. The molecule has 0 heterocycles. The van der Waals surface area contributed by atoms with Crippen molar-refractivity contribution in [1.82, 2.24) is 0 Å². The van der Waals surface area contributed by atoms with Crippen LogP contribution < -0.4 is 0 Å². The lowest BCUT2D eigenvalue weighted by Crippen LogP contribution is -1.89. The molecule has 1 heteroatoms. The summed E-state index contributed by atoms with van der Waals surface area (Å²) in [5.41, 5.74) is 5.17. The molecule has 0 atom stereocenters. The van der Waals surface area contributed by atoms with Gasteiger partial charge in [0.1, 0.15) is 5.82 Å². The molecule has 0 saturated carbocycles. The monoisotopic (exact) mass is 214 g/mol. The quantitative estimate of drug-likeness (QED) is 0.659. The van der Waals surface area contributed by atoms with Crippen molar-refractivity contribution in [2.75, 3.05) is 0 Å². The highest BCUT2D eigenvalue weighted by molar-refractivity contribution is 5.68. The molecule has 0 nitrogen and oxygen atoms in total. The molecule has 2 rings (SSSR count). The van der Waals surface area contributed by atoms with E-state index >= 15 is 0 Å². The van der Waals surface area contributed by atoms with Crippen LogP contribution in [0.5, 0.6) is 0 Å². The van der Waals surface area contributed by atoms with E-state index in [2.05, 4.69) is 31.2 Å². The molecule has 0 aliphatic carbocycles. The normalized spacial score (nSPS) is 10.5. The minimum absolute atomic E-state index is 0.131. The van der Waals surface area contributed by atoms with Gasteiger partial charge in [-0.2, -0.15) is 0 Å². The zero-order chi connectivity index (χ0) is 11.7. The molecule has 0 spiro atoms. The Balaban J connectivity index is 2.56. The van der Waals surface area contributed by atoms with Crippen LogP contribution in [0.2, 0.25) is 0 Å². The molecule has 2 aromatic carbocycles. The minimum atomic E-state index is -0.131. The molecular weight excluding hydrogens is 199 g/mol. The van der Waals surface area contributed by atoms with Crippen molar-refractivity contribution in [3.8, 4) is 11.1 Å². The molecule has 0 radical (unpaired) electrons. The second-order valence-corrected chi connectivity index (χ2v) is 4.28. The van der Waals surface area contributed by atoms with Crippen LogP contribution in [0.15, 0.2) is 36.4 Å². The van der Waals surface area contributed by atoms with E-state index in [9.17, 15) is 4.39 Å². The van der Waals surface area contributed by atoms with Crippen LogP contribution in [0.1, 0.15) is 16.7 Å². The summed E-state index contributed by atoms with van der Waals surface area (Å²) in [5.74, 6) is -0.131. The third kappa shape index (κ3) is 1.99. The lowest BCUT2D eigenvalue weighted by atomic mass is 9.97. The van der Waals surface area contributed by atoms with Gasteiger partial charge in [-0.05, 0) is 55.2 Å². The third-order valence-electron chi connectivity index (χ3n) is 2.87. The second kappa shape index (κ2) is 4.09. The summed E-state index contributed by atoms with van der Waals surface area (Å²) in [5, 5.41) is 0.